The Bertz CT molecular complexity index is 730. The molecule has 0 bridgehead atoms. The van der Waals surface area contributed by atoms with E-state index in [0.717, 1.165) is 10.0 Å². The minimum atomic E-state index is -3.63. The first-order valence-corrected chi connectivity index (χ1v) is 8.31. The van der Waals surface area contributed by atoms with Gasteiger partial charge in [-0.1, -0.05) is 27.5 Å². The van der Waals surface area contributed by atoms with Gasteiger partial charge in [0.05, 0.1) is 11.2 Å². The highest BCUT2D eigenvalue weighted by Gasteiger charge is 2.24. The molecule has 0 aliphatic carbocycles. The van der Waals surface area contributed by atoms with Crippen molar-refractivity contribution in [1.29, 1.82) is 0 Å². The summed E-state index contributed by atoms with van der Waals surface area (Å²) in [6.45, 7) is 0.239. The number of rotatable bonds is 4. The average Bonchev–Trinajstić information content (AvgIpc) is 2.74. The summed E-state index contributed by atoms with van der Waals surface area (Å²) in [5.41, 5.74) is 0.812. The van der Waals surface area contributed by atoms with E-state index in [1.807, 2.05) is 0 Å². The van der Waals surface area contributed by atoms with Crippen molar-refractivity contribution in [3.8, 4) is 0 Å². The number of nitrogens with zero attached hydrogens (tertiary/aromatic N) is 3. The Kier molecular flexibility index (Phi) is 4.53. The Balaban J connectivity index is 2.29. The van der Waals surface area contributed by atoms with E-state index >= 15 is 0 Å². The van der Waals surface area contributed by atoms with Crippen molar-refractivity contribution in [3.63, 3.8) is 0 Å². The Labute approximate surface area is 131 Å². The lowest BCUT2D eigenvalue weighted by atomic mass is 10.4. The molecule has 2 aromatic rings. The summed E-state index contributed by atoms with van der Waals surface area (Å²) in [5, 5.41) is 4.21. The van der Waals surface area contributed by atoms with E-state index in [2.05, 4.69) is 21.0 Å². The van der Waals surface area contributed by atoms with E-state index in [1.165, 1.54) is 17.4 Å². The molecule has 0 atom stereocenters. The third-order valence-electron chi connectivity index (χ3n) is 2.75. The lowest BCUT2D eigenvalue weighted by Crippen LogP contribution is -2.26. The van der Waals surface area contributed by atoms with E-state index in [9.17, 15) is 8.42 Å². The van der Waals surface area contributed by atoms with Gasteiger partial charge in [0.15, 0.2) is 0 Å². The van der Waals surface area contributed by atoms with E-state index in [-0.39, 0.29) is 16.5 Å². The van der Waals surface area contributed by atoms with Gasteiger partial charge < -0.3 is 0 Å². The molecule has 0 spiro atoms. The molecule has 0 saturated carbocycles. The maximum Gasteiger partial charge on any atom is 0.244 e. The topological polar surface area (TPSA) is 55.2 Å². The molecule has 108 valence electrons. The third kappa shape index (κ3) is 3.22. The van der Waals surface area contributed by atoms with Crippen LogP contribution in [0.5, 0.6) is 0 Å². The van der Waals surface area contributed by atoms with Crippen LogP contribution in [0.3, 0.4) is 0 Å². The molecule has 8 heteroatoms. The second-order valence-electron chi connectivity index (χ2n) is 4.36. The van der Waals surface area contributed by atoms with E-state index in [1.54, 1.807) is 36.3 Å². The molecule has 2 rings (SSSR count). The fourth-order valence-corrected chi connectivity index (χ4v) is 3.91. The number of benzene rings is 1. The number of sulfonamides is 1. The van der Waals surface area contributed by atoms with Crippen LogP contribution < -0.4 is 0 Å². The van der Waals surface area contributed by atoms with Crippen LogP contribution in [-0.4, -0.2) is 29.6 Å². The molecule has 1 aromatic carbocycles. The van der Waals surface area contributed by atoms with Gasteiger partial charge in [0, 0.05) is 36.9 Å². The van der Waals surface area contributed by atoms with E-state index in [0.29, 0.717) is 0 Å². The molecule has 20 heavy (non-hydrogen) atoms. The lowest BCUT2D eigenvalue weighted by Gasteiger charge is -2.17. The molecule has 1 aromatic heterocycles. The molecule has 0 saturated heterocycles. The van der Waals surface area contributed by atoms with Gasteiger partial charge in [-0.05, 0) is 18.2 Å². The summed E-state index contributed by atoms with van der Waals surface area (Å²) in [4.78, 5) is 0.0914. The SMILES string of the molecule is CN(Cc1cnn(C)c1)S(=O)(=O)c1ccc(Br)cc1Cl. The van der Waals surface area contributed by atoms with Crippen LogP contribution in [0.15, 0.2) is 40.0 Å². The van der Waals surface area contributed by atoms with Gasteiger partial charge in [-0.15, -0.1) is 0 Å². The smallest absolute Gasteiger partial charge is 0.244 e. The standard InChI is InChI=1S/C12H13BrClN3O2S/c1-16-7-9(6-15-16)8-17(2)20(18,19)12-4-3-10(13)5-11(12)14/h3-7H,8H2,1-2H3. The van der Waals surface area contributed by atoms with Gasteiger partial charge in [0.1, 0.15) is 4.90 Å². The predicted molar refractivity (Wildman–Crippen MR) is 81.0 cm³/mol. The van der Waals surface area contributed by atoms with Gasteiger partial charge >= 0.3 is 0 Å². The highest BCUT2D eigenvalue weighted by Crippen LogP contribution is 2.27. The highest BCUT2D eigenvalue weighted by molar-refractivity contribution is 9.10. The maximum absolute atomic E-state index is 12.5. The van der Waals surface area contributed by atoms with Crippen molar-refractivity contribution >= 4 is 37.6 Å². The number of hydrogen-bond donors (Lipinski definition) is 0. The molecular formula is C12H13BrClN3O2S. The maximum atomic E-state index is 12.5. The number of aromatic nitrogens is 2. The van der Waals surface area contributed by atoms with Crippen molar-refractivity contribution in [1.82, 2.24) is 14.1 Å². The fraction of sp³-hybridized carbons (Fsp3) is 0.250. The van der Waals surface area contributed by atoms with Crippen LogP contribution in [0.1, 0.15) is 5.56 Å². The van der Waals surface area contributed by atoms with Crippen LogP contribution in [0, 0.1) is 0 Å². The Hall–Kier alpha value is -0.890. The minimum absolute atomic E-state index is 0.0914. The van der Waals surface area contributed by atoms with Gasteiger partial charge in [-0.3, -0.25) is 4.68 Å². The van der Waals surface area contributed by atoms with Crippen LogP contribution >= 0.6 is 27.5 Å². The summed E-state index contributed by atoms with van der Waals surface area (Å²) in [5.74, 6) is 0. The first kappa shape index (κ1) is 15.5. The highest BCUT2D eigenvalue weighted by atomic mass is 79.9. The van der Waals surface area contributed by atoms with Gasteiger partial charge in [0.2, 0.25) is 10.0 Å². The van der Waals surface area contributed by atoms with Crippen molar-refractivity contribution in [2.24, 2.45) is 7.05 Å². The van der Waals surface area contributed by atoms with Gasteiger partial charge in [-0.25, -0.2) is 8.42 Å². The zero-order chi connectivity index (χ0) is 14.9. The minimum Gasteiger partial charge on any atom is -0.275 e. The van der Waals surface area contributed by atoms with Crippen molar-refractivity contribution in [2.45, 2.75) is 11.4 Å². The first-order valence-electron chi connectivity index (χ1n) is 5.69. The summed E-state index contributed by atoms with van der Waals surface area (Å²) >= 11 is 9.27. The zero-order valence-electron chi connectivity index (χ0n) is 10.9. The molecule has 0 unspecified atom stereocenters. The molecule has 0 amide bonds. The van der Waals surface area contributed by atoms with Crippen molar-refractivity contribution in [2.75, 3.05) is 7.05 Å². The first-order chi connectivity index (χ1) is 9.30. The largest absolute Gasteiger partial charge is 0.275 e. The van der Waals surface area contributed by atoms with Crippen molar-refractivity contribution < 1.29 is 8.42 Å². The normalized spacial score (nSPS) is 12.1. The molecule has 0 aliphatic heterocycles. The number of halogens is 2. The Morgan fingerprint density at radius 1 is 1.45 bits per heavy atom. The summed E-state index contributed by atoms with van der Waals surface area (Å²) in [7, 11) is -0.336. The molecule has 0 fully saturated rings. The third-order valence-corrected chi connectivity index (χ3v) is 5.53. The molecular weight excluding hydrogens is 366 g/mol. The Morgan fingerprint density at radius 2 is 2.15 bits per heavy atom. The monoisotopic (exact) mass is 377 g/mol. The molecule has 0 aliphatic rings. The second kappa shape index (κ2) is 5.85. The number of hydrogen-bond acceptors (Lipinski definition) is 3. The predicted octanol–water partition coefficient (Wildman–Crippen LogP) is 2.66. The summed E-state index contributed by atoms with van der Waals surface area (Å²) in [6, 6.07) is 4.70. The van der Waals surface area contributed by atoms with Crippen LogP contribution in [0.25, 0.3) is 0 Å². The van der Waals surface area contributed by atoms with Gasteiger partial charge in [-0.2, -0.15) is 9.40 Å². The van der Waals surface area contributed by atoms with E-state index in [4.69, 9.17) is 11.6 Å². The fourth-order valence-electron chi connectivity index (χ4n) is 1.75. The van der Waals surface area contributed by atoms with E-state index < -0.39 is 10.0 Å². The molecule has 0 radical (unpaired) electrons. The zero-order valence-corrected chi connectivity index (χ0v) is 14.1. The van der Waals surface area contributed by atoms with Crippen LogP contribution in [0.4, 0.5) is 0 Å². The molecule has 5 nitrogen and oxygen atoms in total. The Morgan fingerprint density at radius 3 is 2.70 bits per heavy atom. The summed E-state index contributed by atoms with van der Waals surface area (Å²) in [6.07, 6.45) is 3.41. The second-order valence-corrected chi connectivity index (χ2v) is 7.69. The van der Waals surface area contributed by atoms with Crippen LogP contribution in [-0.2, 0) is 23.6 Å². The van der Waals surface area contributed by atoms with Crippen LogP contribution in [0.2, 0.25) is 5.02 Å². The number of aryl methyl sites for hydroxylation is 1. The quantitative estimate of drug-likeness (QED) is 0.822. The molecule has 1 heterocycles. The van der Waals surface area contributed by atoms with Gasteiger partial charge in [0.25, 0.3) is 0 Å². The average molecular weight is 379 g/mol. The summed E-state index contributed by atoms with van der Waals surface area (Å²) < 4.78 is 28.6. The molecule has 0 N–H and O–H groups in total. The van der Waals surface area contributed by atoms with Crippen molar-refractivity contribution in [3.05, 3.63) is 45.7 Å². The lowest BCUT2D eigenvalue weighted by molar-refractivity contribution is 0.466.